The molecule has 2 aromatic carbocycles. The minimum absolute atomic E-state index is 0.0436. The molecule has 10 nitrogen and oxygen atoms in total. The molecule has 14 heteroatoms. The Morgan fingerprint density at radius 2 is 2.00 bits per heavy atom. The van der Waals surface area contributed by atoms with Gasteiger partial charge in [-0.1, -0.05) is 35.9 Å². The van der Waals surface area contributed by atoms with E-state index in [4.69, 9.17) is 16.3 Å². The molecule has 0 radical (unpaired) electrons. The van der Waals surface area contributed by atoms with Crippen molar-refractivity contribution in [1.82, 2.24) is 24.8 Å². The van der Waals surface area contributed by atoms with Gasteiger partial charge in [0, 0.05) is 55.8 Å². The monoisotopic (exact) mass is 625 g/mol. The van der Waals surface area contributed by atoms with E-state index in [1.54, 1.807) is 30.1 Å². The molecule has 4 aromatic rings. The van der Waals surface area contributed by atoms with E-state index in [0.29, 0.717) is 11.9 Å². The molecule has 2 saturated heterocycles. The van der Waals surface area contributed by atoms with Crippen molar-refractivity contribution in [2.24, 2.45) is 5.92 Å². The molecular formula is C30H27ClF3N7O3. The molecule has 6 rings (SSSR count). The van der Waals surface area contributed by atoms with Crippen LogP contribution in [0.3, 0.4) is 0 Å². The number of benzene rings is 2. The van der Waals surface area contributed by atoms with Crippen LogP contribution in [0.1, 0.15) is 6.42 Å². The number of nitriles is 1. The van der Waals surface area contributed by atoms with E-state index in [2.05, 4.69) is 15.0 Å². The smallest absolute Gasteiger partial charge is 0.407 e. The second kappa shape index (κ2) is 11.9. The van der Waals surface area contributed by atoms with Gasteiger partial charge in [0.25, 0.3) is 0 Å². The summed E-state index contributed by atoms with van der Waals surface area (Å²) in [5, 5.41) is 19.9. The largest absolute Gasteiger partial charge is 0.465 e. The number of hydrogen-bond donors (Lipinski definition) is 1. The van der Waals surface area contributed by atoms with Gasteiger partial charge in [0.05, 0.1) is 35.5 Å². The van der Waals surface area contributed by atoms with Gasteiger partial charge < -0.3 is 24.5 Å². The first kappa shape index (κ1) is 29.7. The number of carbonyl (C=O) groups is 1. The molecule has 2 aromatic heterocycles. The van der Waals surface area contributed by atoms with E-state index < -0.39 is 35.9 Å². The fourth-order valence-electron chi connectivity index (χ4n) is 5.98. The highest BCUT2D eigenvalue weighted by Gasteiger charge is 2.34. The van der Waals surface area contributed by atoms with E-state index in [0.717, 1.165) is 0 Å². The summed E-state index contributed by atoms with van der Waals surface area (Å²) in [4.78, 5) is 29.9. The van der Waals surface area contributed by atoms with Crippen LogP contribution in [-0.4, -0.2) is 94.5 Å². The Morgan fingerprint density at radius 1 is 1.18 bits per heavy atom. The van der Waals surface area contributed by atoms with Gasteiger partial charge in [0.1, 0.15) is 29.0 Å². The number of carboxylic acid groups (broad SMARTS) is 1. The second-order valence-corrected chi connectivity index (χ2v) is 11.4. The van der Waals surface area contributed by atoms with Crippen molar-refractivity contribution in [3.05, 3.63) is 53.2 Å². The van der Waals surface area contributed by atoms with Crippen LogP contribution in [0.15, 0.2) is 36.5 Å². The third-order valence-corrected chi connectivity index (χ3v) is 8.53. The van der Waals surface area contributed by atoms with Crippen LogP contribution in [-0.2, 0) is 0 Å². The van der Waals surface area contributed by atoms with Gasteiger partial charge in [-0.15, -0.1) is 0 Å². The van der Waals surface area contributed by atoms with E-state index in [-0.39, 0.29) is 83.6 Å². The molecule has 0 aliphatic carbocycles. The van der Waals surface area contributed by atoms with Crippen LogP contribution in [0.25, 0.3) is 32.9 Å². The summed E-state index contributed by atoms with van der Waals surface area (Å²) in [5.74, 6) is -1.69. The van der Waals surface area contributed by atoms with E-state index in [9.17, 15) is 23.9 Å². The predicted molar refractivity (Wildman–Crippen MR) is 158 cm³/mol. The molecule has 2 fully saturated rings. The summed E-state index contributed by atoms with van der Waals surface area (Å²) in [6, 6.07) is 8.93. The van der Waals surface area contributed by atoms with Crippen molar-refractivity contribution >= 4 is 45.2 Å². The molecule has 1 amide bonds. The zero-order valence-electron chi connectivity index (χ0n) is 23.6. The lowest BCUT2D eigenvalue weighted by atomic mass is 10.0. The number of hydrogen-bond acceptors (Lipinski definition) is 8. The molecule has 44 heavy (non-hydrogen) atoms. The third-order valence-electron chi connectivity index (χ3n) is 8.16. The Kier molecular flexibility index (Phi) is 8.04. The summed E-state index contributed by atoms with van der Waals surface area (Å²) >= 11 is 6.32. The maximum atomic E-state index is 16.5. The lowest BCUT2D eigenvalue weighted by Gasteiger charge is -2.39. The number of pyridine rings is 1. The number of piperazine rings is 1. The fraction of sp³-hybridized carbons (Fsp3) is 0.367. The van der Waals surface area contributed by atoms with Crippen LogP contribution >= 0.6 is 11.6 Å². The molecule has 2 aliphatic rings. The molecule has 1 unspecified atom stereocenters. The van der Waals surface area contributed by atoms with E-state index in [1.165, 1.54) is 23.2 Å². The normalized spacial score (nSPS) is 20.8. The fourth-order valence-corrected chi connectivity index (χ4v) is 6.25. The predicted octanol–water partition coefficient (Wildman–Crippen LogP) is 5.14. The van der Waals surface area contributed by atoms with Crippen LogP contribution in [0.2, 0.25) is 5.02 Å². The molecule has 3 atom stereocenters. The van der Waals surface area contributed by atoms with Crippen molar-refractivity contribution in [2.75, 3.05) is 51.3 Å². The highest BCUT2D eigenvalue weighted by Crippen LogP contribution is 2.38. The van der Waals surface area contributed by atoms with Crippen LogP contribution in [0.5, 0.6) is 6.01 Å². The topological polar surface area (TPSA) is 119 Å². The maximum Gasteiger partial charge on any atom is 0.407 e. The second-order valence-electron chi connectivity index (χ2n) is 11.0. The molecule has 2 aliphatic heterocycles. The average molecular weight is 626 g/mol. The zero-order chi connectivity index (χ0) is 31.1. The number of fused-ring (bicyclic) bond motifs is 2. The minimum atomic E-state index is -1.15. The lowest BCUT2D eigenvalue weighted by molar-refractivity contribution is 0.119. The first-order valence-corrected chi connectivity index (χ1v) is 14.3. The summed E-state index contributed by atoms with van der Waals surface area (Å²) in [6.07, 6.45) is -0.922. The average Bonchev–Trinajstić information content (AvgIpc) is 3.34. The van der Waals surface area contributed by atoms with Crippen molar-refractivity contribution in [1.29, 1.82) is 5.26 Å². The van der Waals surface area contributed by atoms with Crippen LogP contribution in [0.4, 0.5) is 23.8 Å². The van der Waals surface area contributed by atoms with Gasteiger partial charge in [-0.3, -0.25) is 4.98 Å². The Balaban J connectivity index is 1.47. The zero-order valence-corrected chi connectivity index (χ0v) is 24.3. The number of halogens is 4. The Labute approximate surface area is 255 Å². The first-order valence-electron chi connectivity index (χ1n) is 14.0. The first-order chi connectivity index (χ1) is 21.2. The Morgan fingerprint density at radius 3 is 2.73 bits per heavy atom. The van der Waals surface area contributed by atoms with Crippen molar-refractivity contribution in [3.8, 4) is 23.3 Å². The number of anilines is 1. The number of alkyl halides is 1. The Hall–Kier alpha value is -4.41. The van der Waals surface area contributed by atoms with E-state index in [1.807, 2.05) is 11.0 Å². The van der Waals surface area contributed by atoms with Crippen molar-refractivity contribution < 1.29 is 27.8 Å². The van der Waals surface area contributed by atoms with Crippen LogP contribution < -0.4 is 9.64 Å². The maximum absolute atomic E-state index is 16.5. The lowest BCUT2D eigenvalue weighted by Crippen LogP contribution is -2.55. The standard InChI is InChI=1S/C30H27ClF3N7O3/c1-39-12-17(22(33)14-39)15-44-29-37-27-20(28(38-29)40-9-10-41(30(42)43)18(13-40)7-8-35)11-36-26(25(27)34)19-4-2-3-16-5-6-21(32)24(31)23(16)19/h2-6,11,17-18,22H,7,9-10,12-15H2,1H3,(H,42,43)/t17-,18?,22-/m0/s1. The number of amides is 1. The highest BCUT2D eigenvalue weighted by molar-refractivity contribution is 6.36. The van der Waals surface area contributed by atoms with Crippen molar-refractivity contribution in [2.45, 2.75) is 18.6 Å². The van der Waals surface area contributed by atoms with Crippen LogP contribution in [0, 0.1) is 28.9 Å². The molecular weight excluding hydrogens is 599 g/mol. The third kappa shape index (κ3) is 5.39. The summed E-state index contributed by atoms with van der Waals surface area (Å²) in [7, 11) is 1.81. The molecule has 0 bridgehead atoms. The number of ether oxygens (including phenoxy) is 1. The van der Waals surface area contributed by atoms with Gasteiger partial charge in [-0.05, 0) is 18.5 Å². The van der Waals surface area contributed by atoms with Crippen molar-refractivity contribution in [3.63, 3.8) is 0 Å². The quantitative estimate of drug-likeness (QED) is 0.311. The summed E-state index contributed by atoms with van der Waals surface area (Å²) < 4.78 is 51.3. The summed E-state index contributed by atoms with van der Waals surface area (Å²) in [6.45, 7) is 1.07. The van der Waals surface area contributed by atoms with Gasteiger partial charge in [0.2, 0.25) is 0 Å². The molecule has 1 N–H and O–H groups in total. The van der Waals surface area contributed by atoms with Gasteiger partial charge >= 0.3 is 12.1 Å². The summed E-state index contributed by atoms with van der Waals surface area (Å²) in [5.41, 5.74) is -0.00434. The molecule has 228 valence electrons. The van der Waals surface area contributed by atoms with E-state index >= 15 is 4.39 Å². The highest BCUT2D eigenvalue weighted by atomic mass is 35.5. The number of aromatic nitrogens is 3. The number of nitrogens with zero attached hydrogens (tertiary/aromatic N) is 7. The number of likely N-dealkylation sites (tertiary alicyclic amines) is 1. The molecule has 4 heterocycles. The minimum Gasteiger partial charge on any atom is -0.465 e. The van der Waals surface area contributed by atoms with Gasteiger partial charge in [0.15, 0.2) is 5.82 Å². The molecule has 0 spiro atoms. The SMILES string of the molecule is CN1C[C@@H](COc2nc(N3CCN(C(=O)O)C(CC#N)C3)c3cnc(-c4cccc5ccc(F)c(Cl)c45)c(F)c3n2)[C@@H](F)C1. The van der Waals surface area contributed by atoms with Gasteiger partial charge in [-0.2, -0.15) is 15.2 Å². The van der Waals surface area contributed by atoms with Gasteiger partial charge in [-0.25, -0.2) is 18.0 Å². The number of rotatable bonds is 6. The molecule has 0 saturated carbocycles. The Bertz CT molecular complexity index is 1810.